The number of carbonyl (C=O) groups excluding carboxylic acids is 1. The van der Waals surface area contributed by atoms with E-state index in [1.807, 2.05) is 26.0 Å². The molecule has 0 fully saturated rings. The topological polar surface area (TPSA) is 72.5 Å². The summed E-state index contributed by atoms with van der Waals surface area (Å²) in [5, 5.41) is 2.16. The summed E-state index contributed by atoms with van der Waals surface area (Å²) in [5.74, 6) is -0.656. The van der Waals surface area contributed by atoms with E-state index >= 15 is 0 Å². The van der Waals surface area contributed by atoms with E-state index in [-0.39, 0.29) is 16.6 Å². The molecule has 0 spiro atoms. The lowest BCUT2D eigenvalue weighted by atomic mass is 10.1. The molecule has 3 aromatic rings. The zero-order chi connectivity index (χ0) is 18.7. The Morgan fingerprint density at radius 1 is 1.12 bits per heavy atom. The summed E-state index contributed by atoms with van der Waals surface area (Å²) in [5.41, 5.74) is 1.20. The van der Waals surface area contributed by atoms with Gasteiger partial charge in [0.05, 0.1) is 12.7 Å². The van der Waals surface area contributed by atoms with Crippen LogP contribution in [0.4, 0.5) is 0 Å². The van der Waals surface area contributed by atoms with Gasteiger partial charge in [0.25, 0.3) is 15.9 Å². The molecule has 1 aromatic heterocycles. The number of hydrogen-bond donors (Lipinski definition) is 1. The number of amides is 1. The van der Waals surface area contributed by atoms with Crippen molar-refractivity contribution >= 4 is 37.4 Å². The summed E-state index contributed by atoms with van der Waals surface area (Å²) < 4.78 is 33.7. The number of fused-ring (bicyclic) bond motifs is 1. The number of benzene rings is 2. The molecule has 136 valence electrons. The molecule has 7 heteroatoms. The maximum Gasteiger partial charge on any atom is 0.265 e. The molecule has 0 radical (unpaired) electrons. The lowest BCUT2D eigenvalue weighted by molar-refractivity contribution is 0.0657. The predicted molar refractivity (Wildman–Crippen MR) is 103 cm³/mol. The van der Waals surface area contributed by atoms with Crippen molar-refractivity contribution in [3.63, 3.8) is 0 Å². The summed E-state index contributed by atoms with van der Waals surface area (Å²) in [4.78, 5) is 12.5. The predicted octanol–water partition coefficient (Wildman–Crippen LogP) is 3.95. The van der Waals surface area contributed by atoms with Crippen LogP contribution < -0.4 is 4.72 Å². The highest BCUT2D eigenvalue weighted by molar-refractivity contribution is 7.90. The molecule has 3 rings (SSSR count). The first-order chi connectivity index (χ1) is 12.4. The molecule has 5 nitrogen and oxygen atoms in total. The first-order valence-corrected chi connectivity index (χ1v) is 10.5. The molecule has 0 saturated carbocycles. The Morgan fingerprint density at radius 3 is 2.50 bits per heavy atom. The number of thiophene rings is 1. The van der Waals surface area contributed by atoms with E-state index in [1.165, 1.54) is 11.3 Å². The zero-order valence-electron chi connectivity index (χ0n) is 14.4. The minimum atomic E-state index is -3.94. The van der Waals surface area contributed by atoms with E-state index in [2.05, 4.69) is 4.72 Å². The van der Waals surface area contributed by atoms with Gasteiger partial charge in [-0.05, 0) is 37.6 Å². The Labute approximate surface area is 156 Å². The highest BCUT2D eigenvalue weighted by Gasteiger charge is 2.22. The van der Waals surface area contributed by atoms with Crippen LogP contribution in [0.2, 0.25) is 0 Å². The highest BCUT2D eigenvalue weighted by Crippen LogP contribution is 2.29. The van der Waals surface area contributed by atoms with Gasteiger partial charge in [-0.25, -0.2) is 13.1 Å². The Morgan fingerprint density at radius 2 is 1.81 bits per heavy atom. The van der Waals surface area contributed by atoms with E-state index in [0.29, 0.717) is 12.0 Å². The molecule has 0 unspecified atom stereocenters. The summed E-state index contributed by atoms with van der Waals surface area (Å²) >= 11 is 1.33. The van der Waals surface area contributed by atoms with Gasteiger partial charge in [-0.2, -0.15) is 0 Å². The van der Waals surface area contributed by atoms with Crippen molar-refractivity contribution in [3.05, 3.63) is 65.0 Å². The quantitative estimate of drug-likeness (QED) is 0.693. The fraction of sp³-hybridized carbons (Fsp3) is 0.211. The standard InChI is InChI=1S/C19H19NO4S2/c1-13(2)24-11-14-7-9-15(10-8-14)19(21)20-26(22,23)18-12-25-17-6-4-3-5-16(17)18/h3-10,12-13H,11H2,1-2H3,(H,20,21). The molecule has 0 saturated heterocycles. The number of nitrogens with one attached hydrogen (secondary N) is 1. The minimum absolute atomic E-state index is 0.114. The molecule has 1 N–H and O–H groups in total. The van der Waals surface area contributed by atoms with Crippen molar-refractivity contribution in [1.29, 1.82) is 0 Å². The Kier molecular flexibility index (Phi) is 5.41. The van der Waals surface area contributed by atoms with Gasteiger partial charge in [0.2, 0.25) is 0 Å². The smallest absolute Gasteiger partial charge is 0.265 e. The van der Waals surface area contributed by atoms with Crippen LogP contribution in [0.25, 0.3) is 10.1 Å². The van der Waals surface area contributed by atoms with Crippen molar-refractivity contribution < 1.29 is 17.9 Å². The summed E-state index contributed by atoms with van der Waals surface area (Å²) in [6.07, 6.45) is 0.114. The normalized spacial score (nSPS) is 11.8. The molecule has 1 amide bonds. The van der Waals surface area contributed by atoms with Gasteiger partial charge in [-0.3, -0.25) is 4.79 Å². The third kappa shape index (κ3) is 4.12. The Balaban J connectivity index is 1.76. The second-order valence-corrected chi connectivity index (χ2v) is 8.65. The van der Waals surface area contributed by atoms with Crippen LogP contribution in [0.15, 0.2) is 58.8 Å². The number of ether oxygens (including phenoxy) is 1. The van der Waals surface area contributed by atoms with Gasteiger partial charge in [-0.1, -0.05) is 30.3 Å². The number of sulfonamides is 1. The third-order valence-electron chi connectivity index (χ3n) is 3.76. The van der Waals surface area contributed by atoms with E-state index in [0.717, 1.165) is 10.3 Å². The summed E-state index contributed by atoms with van der Waals surface area (Å²) in [7, 11) is -3.94. The van der Waals surface area contributed by atoms with E-state index in [1.54, 1.807) is 41.8 Å². The van der Waals surface area contributed by atoms with Crippen LogP contribution in [0.1, 0.15) is 29.8 Å². The van der Waals surface area contributed by atoms with Crippen molar-refractivity contribution in [1.82, 2.24) is 4.72 Å². The average Bonchev–Trinajstić information content (AvgIpc) is 3.05. The maximum absolute atomic E-state index is 12.6. The molecule has 0 aliphatic carbocycles. The van der Waals surface area contributed by atoms with Crippen molar-refractivity contribution in [2.45, 2.75) is 31.5 Å². The SMILES string of the molecule is CC(C)OCc1ccc(C(=O)NS(=O)(=O)c2csc3ccccc23)cc1. The first kappa shape index (κ1) is 18.6. The molecular formula is C19H19NO4S2. The summed E-state index contributed by atoms with van der Waals surface area (Å²) in [6.45, 7) is 4.33. The van der Waals surface area contributed by atoms with Crippen molar-refractivity contribution in [2.75, 3.05) is 0 Å². The molecular weight excluding hydrogens is 370 g/mol. The molecule has 2 aromatic carbocycles. The van der Waals surface area contributed by atoms with E-state index < -0.39 is 15.9 Å². The zero-order valence-corrected chi connectivity index (χ0v) is 16.1. The highest BCUT2D eigenvalue weighted by atomic mass is 32.2. The minimum Gasteiger partial charge on any atom is -0.374 e. The molecule has 0 bridgehead atoms. The second kappa shape index (κ2) is 7.57. The average molecular weight is 389 g/mol. The van der Waals surface area contributed by atoms with Crippen LogP contribution in [0, 0.1) is 0 Å². The van der Waals surface area contributed by atoms with E-state index in [9.17, 15) is 13.2 Å². The number of rotatable bonds is 6. The molecule has 1 heterocycles. The maximum atomic E-state index is 12.6. The van der Waals surface area contributed by atoms with E-state index in [4.69, 9.17) is 4.74 Å². The third-order valence-corrected chi connectivity index (χ3v) is 6.25. The Bertz CT molecular complexity index is 1020. The lowest BCUT2D eigenvalue weighted by Crippen LogP contribution is -2.30. The fourth-order valence-electron chi connectivity index (χ4n) is 2.41. The van der Waals surface area contributed by atoms with Crippen LogP contribution >= 0.6 is 11.3 Å². The van der Waals surface area contributed by atoms with Crippen LogP contribution in [0.5, 0.6) is 0 Å². The molecule has 26 heavy (non-hydrogen) atoms. The lowest BCUT2D eigenvalue weighted by Gasteiger charge is -2.09. The fourth-order valence-corrected chi connectivity index (χ4v) is 4.89. The first-order valence-electron chi connectivity index (χ1n) is 8.11. The van der Waals surface area contributed by atoms with Gasteiger partial charge in [0.15, 0.2) is 0 Å². The van der Waals surface area contributed by atoms with Crippen LogP contribution in [-0.4, -0.2) is 20.4 Å². The number of carbonyl (C=O) groups is 1. The van der Waals surface area contributed by atoms with Gasteiger partial charge in [0.1, 0.15) is 4.90 Å². The monoisotopic (exact) mass is 389 g/mol. The summed E-state index contributed by atoms with van der Waals surface area (Å²) in [6, 6.07) is 13.9. The van der Waals surface area contributed by atoms with Gasteiger partial charge in [0, 0.05) is 21.0 Å². The molecule has 0 aliphatic rings. The second-order valence-electron chi connectivity index (χ2n) is 6.09. The van der Waals surface area contributed by atoms with Crippen LogP contribution in [-0.2, 0) is 21.4 Å². The van der Waals surface area contributed by atoms with Crippen LogP contribution in [0.3, 0.4) is 0 Å². The Hall–Kier alpha value is -2.22. The largest absolute Gasteiger partial charge is 0.374 e. The van der Waals surface area contributed by atoms with Crippen molar-refractivity contribution in [2.24, 2.45) is 0 Å². The molecule has 0 atom stereocenters. The van der Waals surface area contributed by atoms with Gasteiger partial charge >= 0.3 is 0 Å². The van der Waals surface area contributed by atoms with Gasteiger partial charge in [-0.15, -0.1) is 11.3 Å². The number of hydrogen-bond acceptors (Lipinski definition) is 5. The molecule has 0 aliphatic heterocycles. The van der Waals surface area contributed by atoms with Crippen molar-refractivity contribution in [3.8, 4) is 0 Å². The van der Waals surface area contributed by atoms with Gasteiger partial charge < -0.3 is 4.74 Å².